The summed E-state index contributed by atoms with van der Waals surface area (Å²) in [6.45, 7) is 0. The van der Waals surface area contributed by atoms with E-state index in [0.29, 0.717) is 11.3 Å². The molecule has 0 aliphatic carbocycles. The summed E-state index contributed by atoms with van der Waals surface area (Å²) in [5.74, 6) is -0.513. The monoisotopic (exact) mass is 261 g/mol. The predicted octanol–water partition coefficient (Wildman–Crippen LogP) is 2.77. The van der Waals surface area contributed by atoms with E-state index in [1.807, 2.05) is 22.2 Å². The van der Waals surface area contributed by atoms with E-state index in [0.717, 1.165) is 5.56 Å². The first-order valence-corrected chi connectivity index (χ1v) is 6.81. The molecule has 0 saturated heterocycles. The van der Waals surface area contributed by atoms with E-state index in [2.05, 4.69) is 0 Å². The molecule has 0 fully saturated rings. The van der Waals surface area contributed by atoms with Crippen LogP contribution in [0.2, 0.25) is 0 Å². The van der Waals surface area contributed by atoms with Crippen LogP contribution in [0, 0.1) is 0 Å². The topological polar surface area (TPSA) is 37.4 Å². The van der Waals surface area contributed by atoms with E-state index in [9.17, 15) is 9.59 Å². The van der Waals surface area contributed by atoms with E-state index >= 15 is 0 Å². The first-order valence-electron chi connectivity index (χ1n) is 4.92. The van der Waals surface area contributed by atoms with Crippen molar-refractivity contribution in [2.75, 3.05) is 4.90 Å². The normalized spacial score (nSPS) is 15.5. The fourth-order valence-corrected chi connectivity index (χ4v) is 3.00. The van der Waals surface area contributed by atoms with Gasteiger partial charge in [0.15, 0.2) is 0 Å². The minimum Gasteiger partial charge on any atom is -0.269 e. The van der Waals surface area contributed by atoms with Gasteiger partial charge in [0.2, 0.25) is 0 Å². The third-order valence-electron chi connectivity index (χ3n) is 2.52. The number of nitrogens with zero attached hydrogens (tertiary/aromatic N) is 1. The fraction of sp³-hybridized carbons (Fsp3) is 0. The number of rotatable bonds is 2. The van der Waals surface area contributed by atoms with Crippen LogP contribution in [0.25, 0.3) is 5.57 Å². The Kier molecular flexibility index (Phi) is 2.42. The van der Waals surface area contributed by atoms with Gasteiger partial charge >= 0.3 is 0 Å². The minimum absolute atomic E-state index is 0.244. The molecule has 0 unspecified atom stereocenters. The summed E-state index contributed by atoms with van der Waals surface area (Å²) in [5, 5.41) is 7.40. The second-order valence-corrected chi connectivity index (χ2v) is 5.09. The summed E-state index contributed by atoms with van der Waals surface area (Å²) in [6, 6.07) is 3.61. The van der Waals surface area contributed by atoms with Crippen molar-refractivity contribution in [2.24, 2.45) is 0 Å². The van der Waals surface area contributed by atoms with Crippen molar-refractivity contribution >= 4 is 45.7 Å². The average Bonchev–Trinajstić information content (AvgIpc) is 2.99. The Morgan fingerprint density at radius 1 is 1.00 bits per heavy atom. The number of anilines is 1. The fourth-order valence-electron chi connectivity index (χ4n) is 1.72. The molecule has 2 aromatic rings. The van der Waals surface area contributed by atoms with Crippen LogP contribution in [0.3, 0.4) is 0 Å². The molecule has 3 heterocycles. The van der Waals surface area contributed by atoms with Gasteiger partial charge in [-0.05, 0) is 33.8 Å². The second-order valence-electron chi connectivity index (χ2n) is 3.53. The van der Waals surface area contributed by atoms with Gasteiger partial charge in [-0.3, -0.25) is 9.59 Å². The van der Waals surface area contributed by atoms with Gasteiger partial charge in [0, 0.05) is 11.5 Å². The highest BCUT2D eigenvalue weighted by atomic mass is 32.1. The first kappa shape index (κ1) is 10.4. The smallest absolute Gasteiger partial charge is 0.266 e. The molecule has 5 heteroatoms. The summed E-state index contributed by atoms with van der Waals surface area (Å²) in [4.78, 5) is 25.2. The third-order valence-corrected chi connectivity index (χ3v) is 3.87. The van der Waals surface area contributed by atoms with Crippen molar-refractivity contribution in [3.63, 3.8) is 0 Å². The minimum atomic E-state index is -0.269. The zero-order valence-corrected chi connectivity index (χ0v) is 10.3. The number of thiophene rings is 2. The molecule has 0 radical (unpaired) electrons. The van der Waals surface area contributed by atoms with Crippen LogP contribution in [0.4, 0.5) is 5.69 Å². The summed E-state index contributed by atoms with van der Waals surface area (Å²) in [5.41, 5.74) is 1.93. The summed E-state index contributed by atoms with van der Waals surface area (Å²) in [7, 11) is 0. The lowest BCUT2D eigenvalue weighted by Crippen LogP contribution is -2.30. The molecule has 0 spiro atoms. The van der Waals surface area contributed by atoms with E-state index in [1.54, 1.807) is 11.4 Å². The molecule has 0 bridgehead atoms. The second kappa shape index (κ2) is 3.94. The van der Waals surface area contributed by atoms with Crippen molar-refractivity contribution in [1.29, 1.82) is 0 Å². The van der Waals surface area contributed by atoms with Gasteiger partial charge in [-0.25, -0.2) is 4.90 Å². The highest BCUT2D eigenvalue weighted by Gasteiger charge is 2.33. The average molecular weight is 261 g/mol. The molecule has 0 N–H and O–H groups in total. The molecule has 84 valence electrons. The largest absolute Gasteiger partial charge is 0.269 e. The molecule has 0 aromatic carbocycles. The van der Waals surface area contributed by atoms with Crippen molar-refractivity contribution in [2.45, 2.75) is 0 Å². The maximum absolute atomic E-state index is 12.2. The number of hydrogen-bond acceptors (Lipinski definition) is 4. The van der Waals surface area contributed by atoms with Crippen LogP contribution in [-0.2, 0) is 9.59 Å². The summed E-state index contributed by atoms with van der Waals surface area (Å²) in [6.07, 6.45) is 1.40. The maximum atomic E-state index is 12.2. The van der Waals surface area contributed by atoms with Crippen molar-refractivity contribution in [1.82, 2.24) is 0 Å². The molecular weight excluding hydrogens is 254 g/mol. The lowest BCUT2D eigenvalue weighted by atomic mass is 10.1. The molecule has 0 saturated carbocycles. The lowest BCUT2D eigenvalue weighted by Gasteiger charge is -2.11. The van der Waals surface area contributed by atoms with E-state index in [1.165, 1.54) is 33.6 Å². The van der Waals surface area contributed by atoms with E-state index < -0.39 is 0 Å². The lowest BCUT2D eigenvalue weighted by molar-refractivity contribution is -0.119. The first-order chi connectivity index (χ1) is 8.27. The summed E-state index contributed by atoms with van der Waals surface area (Å²) >= 11 is 2.97. The van der Waals surface area contributed by atoms with E-state index in [4.69, 9.17) is 0 Å². The van der Waals surface area contributed by atoms with Gasteiger partial charge in [-0.15, -0.1) is 0 Å². The Labute approximate surface area is 106 Å². The van der Waals surface area contributed by atoms with Gasteiger partial charge in [0.1, 0.15) is 0 Å². The van der Waals surface area contributed by atoms with Crippen LogP contribution >= 0.6 is 22.7 Å². The van der Waals surface area contributed by atoms with Crippen molar-refractivity contribution in [3.05, 3.63) is 45.3 Å². The van der Waals surface area contributed by atoms with Gasteiger partial charge in [-0.2, -0.15) is 22.7 Å². The Hall–Kier alpha value is -1.72. The molecule has 2 amide bonds. The van der Waals surface area contributed by atoms with Gasteiger partial charge in [0.05, 0.1) is 11.3 Å². The standard InChI is InChI=1S/C12H7NO2S2/c14-11-5-10(8-1-3-16-6-8)12(15)13(11)9-2-4-17-7-9/h1-7H. The van der Waals surface area contributed by atoms with Crippen LogP contribution < -0.4 is 4.90 Å². The SMILES string of the molecule is O=C1C=C(c2ccsc2)C(=O)N1c1ccsc1. The van der Waals surface area contributed by atoms with Gasteiger partial charge in [-0.1, -0.05) is 0 Å². The Morgan fingerprint density at radius 3 is 2.41 bits per heavy atom. The maximum Gasteiger partial charge on any atom is 0.266 e. The predicted molar refractivity (Wildman–Crippen MR) is 69.1 cm³/mol. The Balaban J connectivity index is 2.00. The number of imide groups is 1. The van der Waals surface area contributed by atoms with E-state index in [-0.39, 0.29) is 11.8 Å². The number of carbonyl (C=O) groups is 2. The molecule has 2 aromatic heterocycles. The molecule has 3 rings (SSSR count). The van der Waals surface area contributed by atoms with Crippen molar-refractivity contribution < 1.29 is 9.59 Å². The highest BCUT2D eigenvalue weighted by molar-refractivity contribution is 7.08. The molecule has 1 aliphatic heterocycles. The number of carbonyl (C=O) groups excluding carboxylic acids is 2. The van der Waals surface area contributed by atoms with Crippen molar-refractivity contribution in [3.8, 4) is 0 Å². The summed E-state index contributed by atoms with van der Waals surface area (Å²) < 4.78 is 0. The quantitative estimate of drug-likeness (QED) is 0.779. The van der Waals surface area contributed by atoms with Crippen LogP contribution in [0.1, 0.15) is 5.56 Å². The van der Waals surface area contributed by atoms with Gasteiger partial charge in [0.25, 0.3) is 11.8 Å². The van der Waals surface area contributed by atoms with Crippen LogP contribution in [-0.4, -0.2) is 11.8 Å². The number of amides is 2. The Bertz CT molecular complexity index is 597. The van der Waals surface area contributed by atoms with Gasteiger partial charge < -0.3 is 0 Å². The molecule has 0 atom stereocenters. The number of hydrogen-bond donors (Lipinski definition) is 0. The van der Waals surface area contributed by atoms with Crippen LogP contribution in [0.15, 0.2) is 39.7 Å². The zero-order valence-electron chi connectivity index (χ0n) is 8.62. The zero-order chi connectivity index (χ0) is 11.8. The van der Waals surface area contributed by atoms with Crippen LogP contribution in [0.5, 0.6) is 0 Å². The molecule has 17 heavy (non-hydrogen) atoms. The molecular formula is C12H7NO2S2. The highest BCUT2D eigenvalue weighted by Crippen LogP contribution is 2.30. The third kappa shape index (κ3) is 1.64. The molecule has 3 nitrogen and oxygen atoms in total. The molecule has 1 aliphatic rings. The Morgan fingerprint density at radius 2 is 1.76 bits per heavy atom.